The molecule has 1 fully saturated rings. The number of ketones is 1. The van der Waals surface area contributed by atoms with E-state index in [1.54, 1.807) is 44.9 Å². The molecule has 4 aromatic rings. The molecule has 5 bridgehead atoms. The fourth-order valence-corrected chi connectivity index (χ4v) is 10.1. The van der Waals surface area contributed by atoms with Crippen molar-refractivity contribution in [3.05, 3.63) is 88.9 Å². The molecule has 5 heterocycles. The number of Topliss-reactive ketones (excluding diaryl/α,β-unsaturated/α-hetero) is 1. The summed E-state index contributed by atoms with van der Waals surface area (Å²) in [4.78, 5) is 45.5. The van der Waals surface area contributed by atoms with E-state index in [1.807, 2.05) is 44.4 Å². The second-order valence-corrected chi connectivity index (χ2v) is 20.8. The van der Waals surface area contributed by atoms with Crippen LogP contribution < -0.4 is 14.8 Å². The summed E-state index contributed by atoms with van der Waals surface area (Å²) in [5, 5.41) is 72.3. The van der Waals surface area contributed by atoms with Gasteiger partial charge in [0.05, 0.1) is 66.1 Å². The van der Waals surface area contributed by atoms with Gasteiger partial charge in [0.2, 0.25) is 0 Å². The number of hydrazone groups is 1. The number of esters is 1. The van der Waals surface area contributed by atoms with E-state index in [9.17, 15) is 39.9 Å². The number of allylic oxidation sites excluding steroid dienone is 2. The van der Waals surface area contributed by atoms with Crippen LogP contribution in [0.1, 0.15) is 82.1 Å². The summed E-state index contributed by atoms with van der Waals surface area (Å²) < 4.78 is 35.4. The number of nitrogens with zero attached hydrogens (tertiary/aromatic N) is 5. The number of piperazine rings is 1. The van der Waals surface area contributed by atoms with E-state index in [1.165, 1.54) is 59.4 Å². The highest BCUT2D eigenvalue weighted by atomic mass is 16.7. The van der Waals surface area contributed by atoms with Gasteiger partial charge in [-0.2, -0.15) is 5.10 Å². The maximum Gasteiger partial charge on any atom is 0.312 e. The van der Waals surface area contributed by atoms with E-state index >= 15 is 0 Å². The molecule has 1 saturated heterocycles. The zero-order valence-corrected chi connectivity index (χ0v) is 45.8. The normalized spacial score (nSPS) is 27.4. The van der Waals surface area contributed by atoms with Crippen molar-refractivity contribution >= 4 is 40.3 Å². The van der Waals surface area contributed by atoms with Crippen molar-refractivity contribution in [2.45, 2.75) is 98.6 Å². The molecule has 6 N–H and O–H groups in total. The molecule has 4 aliphatic heterocycles. The Kier molecular flexibility index (Phi) is 18.4. The van der Waals surface area contributed by atoms with E-state index in [4.69, 9.17) is 33.3 Å². The van der Waals surface area contributed by atoms with Gasteiger partial charge in [-0.1, -0.05) is 51.1 Å². The van der Waals surface area contributed by atoms with E-state index in [0.717, 1.165) is 24.3 Å². The lowest BCUT2D eigenvalue weighted by Crippen LogP contribution is -2.46. The Balaban J connectivity index is 1.19. The number of methoxy groups -OCH3 is 1. The molecule has 0 spiro atoms. The summed E-state index contributed by atoms with van der Waals surface area (Å²) >= 11 is 0. The van der Waals surface area contributed by atoms with E-state index in [0.29, 0.717) is 50.8 Å². The molecule has 20 nitrogen and oxygen atoms in total. The number of carbonyl (C=O) groups is 3. The lowest BCUT2D eigenvalue weighted by Gasteiger charge is -2.38. The molecule has 20 heteroatoms. The number of aliphatic hydroxyl groups excluding tert-OH is 2. The molecular formula is C57H74N6O14. The molecule has 1 aromatic heterocycles. The summed E-state index contributed by atoms with van der Waals surface area (Å²) in [7, 11) is 5.50. The zero-order valence-electron chi connectivity index (χ0n) is 45.8. The molecule has 8 rings (SSSR count). The number of aromatic nitrogens is 1. The van der Waals surface area contributed by atoms with Crippen LogP contribution in [0.4, 0.5) is 5.69 Å². The lowest BCUT2D eigenvalue weighted by molar-refractivity contribution is -0.160. The summed E-state index contributed by atoms with van der Waals surface area (Å²) in [5.74, 6) is -7.19. The van der Waals surface area contributed by atoms with Gasteiger partial charge in [-0.3, -0.25) is 24.3 Å². The quantitative estimate of drug-likeness (QED) is 0.0277. The summed E-state index contributed by atoms with van der Waals surface area (Å²) in [6.45, 7) is 16.6. The van der Waals surface area contributed by atoms with Gasteiger partial charge >= 0.3 is 11.8 Å². The molecule has 0 radical (unpaired) electrons. The van der Waals surface area contributed by atoms with Gasteiger partial charge < -0.3 is 64.0 Å². The van der Waals surface area contributed by atoms with Crippen LogP contribution in [0.5, 0.6) is 28.7 Å². The lowest BCUT2D eigenvalue weighted by atomic mass is 9.78. The first-order valence-corrected chi connectivity index (χ1v) is 26.0. The van der Waals surface area contributed by atoms with Gasteiger partial charge in [0, 0.05) is 106 Å². The Bertz CT molecular complexity index is 2910. The zero-order chi connectivity index (χ0) is 56.0. The first-order chi connectivity index (χ1) is 36.5. The Morgan fingerprint density at radius 2 is 1.65 bits per heavy atom. The van der Waals surface area contributed by atoms with Crippen LogP contribution in [0.3, 0.4) is 0 Å². The highest BCUT2D eigenvalue weighted by Crippen LogP contribution is 2.55. The molecule has 9 atom stereocenters. The summed E-state index contributed by atoms with van der Waals surface area (Å²) in [6.07, 6.45) is 5.67. The number of phenols is 3. The monoisotopic (exact) mass is 1070 g/mol. The third-order valence-electron chi connectivity index (χ3n) is 14.8. The third kappa shape index (κ3) is 12.7. The predicted octanol–water partition coefficient (Wildman–Crippen LogP) is 6.89. The molecule has 4 aliphatic rings. The average molecular weight is 1070 g/mol. The molecule has 416 valence electrons. The number of rotatable bonds is 12. The highest BCUT2D eigenvalue weighted by Gasteiger charge is 2.50. The van der Waals surface area contributed by atoms with Crippen LogP contribution in [0.15, 0.2) is 76.1 Å². The standard InChI is InChI=1S/C57H74N6O14/c1-31-14-12-15-32(2)56(71)59-47-41(29-58-63-24-22-62(23-25-63)30-40-28-42(60-77-40)38-16-18-39(19-17-38)73-26-13-21-61(9)10)51(68)44-45(52(47)69)50(67)36(6)54-46(44)55(70)57(8,76-54)74-27-20-43(72-11)33(3)53(75-37(7)64)35(5)49(66)34(4)48(31)65/h12,14-20,27-29,31,33-35,43,48-49,53,65-69H,13,21-26,30H2,1-11H3,(H,59,71)/b14-12+,27-20+,32-15-,58-29+/t31-,33+,34+,35+,43-,48-,49+,53+,57-/m0/s1. The minimum atomic E-state index is -2.08. The number of amides is 1. The number of aliphatic hydroxyl groups is 2. The maximum atomic E-state index is 14.7. The minimum Gasteiger partial charge on any atom is -0.507 e. The average Bonchev–Trinajstić information content (AvgIpc) is 4.02. The fourth-order valence-electron chi connectivity index (χ4n) is 10.1. The molecule has 77 heavy (non-hydrogen) atoms. The Labute approximate surface area is 449 Å². The minimum absolute atomic E-state index is 0.0354. The van der Waals surface area contributed by atoms with Crippen molar-refractivity contribution in [1.29, 1.82) is 0 Å². The van der Waals surface area contributed by atoms with Gasteiger partial charge in [-0.25, -0.2) is 0 Å². The Hall–Kier alpha value is -6.97. The van der Waals surface area contributed by atoms with Crippen molar-refractivity contribution in [2.75, 3.05) is 65.9 Å². The molecule has 0 aliphatic carbocycles. The van der Waals surface area contributed by atoms with Gasteiger partial charge in [0.25, 0.3) is 11.7 Å². The summed E-state index contributed by atoms with van der Waals surface area (Å²) in [6, 6.07) is 9.64. The van der Waals surface area contributed by atoms with Crippen molar-refractivity contribution in [1.82, 2.24) is 20.0 Å². The molecule has 1 amide bonds. The van der Waals surface area contributed by atoms with Crippen LogP contribution in [0.2, 0.25) is 0 Å². The Morgan fingerprint density at radius 3 is 2.31 bits per heavy atom. The summed E-state index contributed by atoms with van der Waals surface area (Å²) in [5.41, 5.74) is 1.10. The van der Waals surface area contributed by atoms with Crippen molar-refractivity contribution in [3.63, 3.8) is 0 Å². The second kappa shape index (κ2) is 24.6. The van der Waals surface area contributed by atoms with Crippen LogP contribution >= 0.6 is 0 Å². The number of aromatic hydroxyl groups is 3. The first kappa shape index (κ1) is 57.7. The Morgan fingerprint density at radius 1 is 0.948 bits per heavy atom. The topological polar surface area (TPSA) is 259 Å². The maximum absolute atomic E-state index is 14.7. The fraction of sp³-hybridized carbons (Fsp3) is 0.491. The number of nitrogens with one attached hydrogen (secondary N) is 1. The smallest absolute Gasteiger partial charge is 0.312 e. The van der Waals surface area contributed by atoms with Crippen molar-refractivity contribution < 1.29 is 68.1 Å². The largest absolute Gasteiger partial charge is 0.507 e. The van der Waals surface area contributed by atoms with Gasteiger partial charge in [-0.15, -0.1) is 0 Å². The van der Waals surface area contributed by atoms with E-state index < -0.39 is 88.8 Å². The van der Waals surface area contributed by atoms with Crippen LogP contribution in [-0.4, -0.2) is 160 Å². The molecular weight excluding hydrogens is 993 g/mol. The van der Waals surface area contributed by atoms with Gasteiger partial charge in [0.1, 0.15) is 34.8 Å². The number of carbonyl (C=O) groups excluding carboxylic acids is 3. The third-order valence-corrected chi connectivity index (χ3v) is 14.8. The SMILES string of the molecule is CO[C@H]1/C=C/O[C@@]2(C)Oc3c(C)c(O)c4c(O)c(c(/C=N/N5CCN(Cc6cc(-c7ccc(OCCCN(C)C)cc7)no6)CC5)c(O)c4c3C2=O)NC(=O)/C(C)=C\C=C\[C@H](C)[C@H](O)[C@@H](C)[C@@H](O)[C@@H](C)[C@H](OC(C)=O)[C@@H]1C. The number of benzene rings is 3. The number of ether oxygens (including phenoxy) is 5. The highest BCUT2D eigenvalue weighted by molar-refractivity contribution is 6.23. The number of hydrogen-bond donors (Lipinski definition) is 6. The van der Waals surface area contributed by atoms with Crippen molar-refractivity contribution in [3.8, 4) is 40.0 Å². The first-order valence-electron chi connectivity index (χ1n) is 26.0. The van der Waals surface area contributed by atoms with Gasteiger partial charge in [-0.05, 0) is 64.7 Å². The van der Waals surface area contributed by atoms with Crippen LogP contribution in [-0.2, 0) is 30.3 Å². The molecule has 0 saturated carbocycles. The van der Waals surface area contributed by atoms with Crippen LogP contribution in [0.25, 0.3) is 22.0 Å². The number of anilines is 1. The second-order valence-electron chi connectivity index (χ2n) is 20.8. The van der Waals surface area contributed by atoms with E-state index in [-0.39, 0.29) is 44.5 Å². The van der Waals surface area contributed by atoms with Crippen molar-refractivity contribution in [2.24, 2.45) is 28.8 Å². The van der Waals surface area contributed by atoms with Crippen LogP contribution in [0, 0.1) is 30.6 Å². The molecule has 3 aromatic carbocycles. The predicted molar refractivity (Wildman–Crippen MR) is 289 cm³/mol. The molecule has 0 unspecified atom stereocenters. The number of phenolic OH excluding ortho intramolecular Hbond substituents is 3. The van der Waals surface area contributed by atoms with Gasteiger partial charge in [0.15, 0.2) is 11.5 Å². The number of fused-ring (bicyclic) bond motifs is 14. The number of hydrogen-bond acceptors (Lipinski definition) is 19. The van der Waals surface area contributed by atoms with E-state index in [2.05, 4.69) is 20.3 Å².